The van der Waals surface area contributed by atoms with E-state index in [1.54, 1.807) is 13.0 Å². The lowest BCUT2D eigenvalue weighted by Gasteiger charge is -2.17. The molecule has 0 radical (unpaired) electrons. The summed E-state index contributed by atoms with van der Waals surface area (Å²) in [5, 5.41) is 5.04. The highest BCUT2D eigenvalue weighted by atomic mass is 19.4. The third-order valence-electron chi connectivity index (χ3n) is 3.74. The molecular formula is C19H19F5N2O4. The molecule has 0 bridgehead atoms. The summed E-state index contributed by atoms with van der Waals surface area (Å²) in [5.41, 5.74) is 0.666. The molecule has 30 heavy (non-hydrogen) atoms. The minimum Gasteiger partial charge on any atom is -0.493 e. The van der Waals surface area contributed by atoms with Gasteiger partial charge in [0.2, 0.25) is 0 Å². The van der Waals surface area contributed by atoms with Crippen molar-refractivity contribution in [3.05, 3.63) is 48.0 Å². The number of amides is 2. The Labute approximate surface area is 168 Å². The van der Waals surface area contributed by atoms with Gasteiger partial charge in [0.15, 0.2) is 18.1 Å². The standard InChI is InChI=1S/C19H19F5N2O4/c1-11(12-4-3-5-14(8-12)30-17(20)21)25-18(27)26-13-6-7-15(28-2)16(9-13)29-10-19(22,23)24/h3-9,11,17H,10H2,1-2H3,(H2,25,26,27). The Morgan fingerprint density at radius 3 is 2.47 bits per heavy atom. The molecule has 0 aliphatic carbocycles. The first-order chi connectivity index (χ1) is 14.1. The SMILES string of the molecule is COc1ccc(NC(=O)NC(C)c2cccc(OC(F)F)c2)cc1OCC(F)(F)F. The first kappa shape index (κ1) is 23.0. The number of benzene rings is 2. The number of halogens is 5. The molecule has 6 nitrogen and oxygen atoms in total. The topological polar surface area (TPSA) is 68.8 Å². The van der Waals surface area contributed by atoms with Gasteiger partial charge < -0.3 is 24.8 Å². The zero-order valence-corrected chi connectivity index (χ0v) is 15.9. The van der Waals surface area contributed by atoms with Crippen molar-refractivity contribution >= 4 is 11.7 Å². The minimum atomic E-state index is -4.54. The van der Waals surface area contributed by atoms with Crippen LogP contribution in [-0.4, -0.2) is 32.5 Å². The van der Waals surface area contributed by atoms with Crippen LogP contribution in [0, 0.1) is 0 Å². The Balaban J connectivity index is 2.03. The summed E-state index contributed by atoms with van der Waals surface area (Å²) < 4.78 is 75.8. The number of urea groups is 1. The van der Waals surface area contributed by atoms with Crippen LogP contribution in [0.5, 0.6) is 17.2 Å². The summed E-state index contributed by atoms with van der Waals surface area (Å²) in [4.78, 5) is 12.2. The molecule has 1 atom stereocenters. The molecule has 2 aromatic carbocycles. The van der Waals surface area contributed by atoms with E-state index in [1.807, 2.05) is 0 Å². The predicted octanol–water partition coefficient (Wildman–Crippen LogP) is 5.12. The summed E-state index contributed by atoms with van der Waals surface area (Å²) in [6, 6.07) is 8.51. The first-order valence-corrected chi connectivity index (χ1v) is 8.57. The normalized spacial score (nSPS) is 12.3. The summed E-state index contributed by atoms with van der Waals surface area (Å²) in [7, 11) is 1.27. The highest BCUT2D eigenvalue weighted by molar-refractivity contribution is 5.90. The van der Waals surface area contributed by atoms with Crippen LogP contribution in [0.15, 0.2) is 42.5 Å². The number of carbonyl (C=O) groups excluding carboxylic acids is 1. The molecule has 2 aromatic rings. The molecule has 0 heterocycles. The van der Waals surface area contributed by atoms with Crippen LogP contribution in [0.2, 0.25) is 0 Å². The summed E-state index contributed by atoms with van der Waals surface area (Å²) in [5.74, 6) is -0.190. The van der Waals surface area contributed by atoms with Crippen LogP contribution >= 0.6 is 0 Å². The lowest BCUT2D eigenvalue weighted by Crippen LogP contribution is -2.31. The van der Waals surface area contributed by atoms with Crippen molar-refractivity contribution in [1.82, 2.24) is 5.32 Å². The second-order valence-electron chi connectivity index (χ2n) is 6.04. The average molecular weight is 434 g/mol. The van der Waals surface area contributed by atoms with Gasteiger partial charge >= 0.3 is 18.8 Å². The summed E-state index contributed by atoms with van der Waals surface area (Å²) in [6.45, 7) is -2.88. The number of hydrogen-bond acceptors (Lipinski definition) is 4. The fraction of sp³-hybridized carbons (Fsp3) is 0.316. The fourth-order valence-electron chi connectivity index (χ4n) is 2.43. The highest BCUT2D eigenvalue weighted by Crippen LogP contribution is 2.31. The largest absolute Gasteiger partial charge is 0.493 e. The van der Waals surface area contributed by atoms with Gasteiger partial charge in [-0.25, -0.2) is 4.79 Å². The third-order valence-corrected chi connectivity index (χ3v) is 3.74. The number of carbonyl (C=O) groups is 1. The maximum Gasteiger partial charge on any atom is 0.422 e. The van der Waals surface area contributed by atoms with E-state index >= 15 is 0 Å². The molecule has 0 saturated carbocycles. The third kappa shape index (κ3) is 7.30. The molecule has 0 aliphatic heterocycles. The van der Waals surface area contributed by atoms with Crippen molar-refractivity contribution < 1.29 is 41.0 Å². The molecule has 1 unspecified atom stereocenters. The number of alkyl halides is 5. The summed E-state index contributed by atoms with van der Waals surface area (Å²) in [6.07, 6.45) is -4.54. The molecule has 0 fully saturated rings. The maximum absolute atomic E-state index is 12.4. The van der Waals surface area contributed by atoms with E-state index in [1.165, 1.54) is 43.5 Å². The van der Waals surface area contributed by atoms with Gasteiger partial charge in [0.1, 0.15) is 5.75 Å². The number of nitrogens with one attached hydrogen (secondary N) is 2. The summed E-state index contributed by atoms with van der Waals surface area (Å²) >= 11 is 0. The van der Waals surface area contributed by atoms with Crippen LogP contribution in [0.25, 0.3) is 0 Å². The molecule has 2 N–H and O–H groups in total. The Morgan fingerprint density at radius 1 is 1.10 bits per heavy atom. The van der Waals surface area contributed by atoms with Crippen LogP contribution in [0.3, 0.4) is 0 Å². The van der Waals surface area contributed by atoms with E-state index in [2.05, 4.69) is 15.4 Å². The maximum atomic E-state index is 12.4. The van der Waals surface area contributed by atoms with E-state index in [9.17, 15) is 26.7 Å². The van der Waals surface area contributed by atoms with E-state index in [0.717, 1.165) is 0 Å². The van der Waals surface area contributed by atoms with Crippen LogP contribution in [0.1, 0.15) is 18.5 Å². The molecule has 0 aromatic heterocycles. The van der Waals surface area contributed by atoms with Gasteiger partial charge in [-0.2, -0.15) is 22.0 Å². The van der Waals surface area contributed by atoms with Crippen LogP contribution in [0.4, 0.5) is 32.4 Å². The van der Waals surface area contributed by atoms with Crippen LogP contribution in [-0.2, 0) is 0 Å². The van der Waals surface area contributed by atoms with E-state index in [4.69, 9.17) is 9.47 Å². The van der Waals surface area contributed by atoms with Gasteiger partial charge in [-0.05, 0) is 36.8 Å². The van der Waals surface area contributed by atoms with E-state index in [0.29, 0.717) is 5.56 Å². The molecule has 164 valence electrons. The van der Waals surface area contributed by atoms with Crippen molar-refractivity contribution in [2.75, 3.05) is 19.0 Å². The second kappa shape index (κ2) is 9.99. The van der Waals surface area contributed by atoms with Gasteiger partial charge in [-0.3, -0.25) is 0 Å². The van der Waals surface area contributed by atoms with Crippen molar-refractivity contribution in [2.45, 2.75) is 25.8 Å². The number of rotatable bonds is 8. The van der Waals surface area contributed by atoms with E-state index in [-0.39, 0.29) is 22.9 Å². The van der Waals surface area contributed by atoms with Crippen molar-refractivity contribution in [1.29, 1.82) is 0 Å². The van der Waals surface area contributed by atoms with Crippen molar-refractivity contribution in [2.24, 2.45) is 0 Å². The van der Waals surface area contributed by atoms with Gasteiger partial charge in [0, 0.05) is 11.8 Å². The predicted molar refractivity (Wildman–Crippen MR) is 98.2 cm³/mol. The van der Waals surface area contributed by atoms with Gasteiger partial charge in [-0.15, -0.1) is 0 Å². The zero-order chi connectivity index (χ0) is 22.3. The number of anilines is 1. The van der Waals surface area contributed by atoms with Crippen LogP contribution < -0.4 is 24.8 Å². The van der Waals surface area contributed by atoms with E-state index < -0.39 is 31.5 Å². The van der Waals surface area contributed by atoms with Gasteiger partial charge in [0.05, 0.1) is 13.2 Å². The fourth-order valence-corrected chi connectivity index (χ4v) is 2.43. The molecular weight excluding hydrogens is 415 g/mol. The quantitative estimate of drug-likeness (QED) is 0.566. The zero-order valence-electron chi connectivity index (χ0n) is 15.9. The molecule has 0 saturated heterocycles. The average Bonchev–Trinajstić information content (AvgIpc) is 2.65. The van der Waals surface area contributed by atoms with Gasteiger partial charge in [-0.1, -0.05) is 12.1 Å². The molecule has 2 rings (SSSR count). The number of ether oxygens (including phenoxy) is 3. The lowest BCUT2D eigenvalue weighted by molar-refractivity contribution is -0.153. The molecule has 2 amide bonds. The Morgan fingerprint density at radius 2 is 1.83 bits per heavy atom. The Hall–Kier alpha value is -3.24. The Bertz CT molecular complexity index is 861. The molecule has 0 spiro atoms. The molecule has 11 heteroatoms. The smallest absolute Gasteiger partial charge is 0.422 e. The lowest BCUT2D eigenvalue weighted by atomic mass is 10.1. The van der Waals surface area contributed by atoms with Crippen molar-refractivity contribution in [3.63, 3.8) is 0 Å². The van der Waals surface area contributed by atoms with Crippen molar-refractivity contribution in [3.8, 4) is 17.2 Å². The number of methoxy groups -OCH3 is 1. The highest BCUT2D eigenvalue weighted by Gasteiger charge is 2.29. The second-order valence-corrected chi connectivity index (χ2v) is 6.04. The van der Waals surface area contributed by atoms with Gasteiger partial charge in [0.25, 0.3) is 0 Å². The first-order valence-electron chi connectivity index (χ1n) is 8.57. The molecule has 0 aliphatic rings. The minimum absolute atomic E-state index is 0.0573. The monoisotopic (exact) mass is 434 g/mol. The number of hydrogen-bond donors (Lipinski definition) is 2. The Kier molecular flexibility index (Phi) is 7.67.